The zero-order valence-electron chi connectivity index (χ0n) is 10.2. The Hall–Kier alpha value is -0.830. The summed E-state index contributed by atoms with van der Waals surface area (Å²) in [7, 11) is 0. The van der Waals surface area contributed by atoms with Gasteiger partial charge in [-0.25, -0.2) is 4.98 Å². The molecule has 86 valence electrons. The zero-order valence-corrected chi connectivity index (χ0v) is 10.2. The Balaban J connectivity index is 1.94. The first-order valence-electron chi connectivity index (χ1n) is 5.74. The molecule has 1 aromatic rings. The number of rotatable bonds is 6. The van der Waals surface area contributed by atoms with Gasteiger partial charge in [-0.1, -0.05) is 20.8 Å². The highest BCUT2D eigenvalue weighted by Gasteiger charge is 2.07. The predicted molar refractivity (Wildman–Crippen MR) is 63.8 cm³/mol. The molecule has 3 heteroatoms. The Labute approximate surface area is 92.9 Å². The van der Waals surface area contributed by atoms with Gasteiger partial charge in [0.1, 0.15) is 0 Å². The van der Waals surface area contributed by atoms with E-state index < -0.39 is 0 Å². The number of nitrogens with zero attached hydrogens (tertiary/aromatic N) is 2. The van der Waals surface area contributed by atoms with Crippen LogP contribution in [0.4, 0.5) is 0 Å². The van der Waals surface area contributed by atoms with Gasteiger partial charge in [-0.3, -0.25) is 0 Å². The summed E-state index contributed by atoms with van der Waals surface area (Å²) >= 11 is 0. The van der Waals surface area contributed by atoms with E-state index in [9.17, 15) is 0 Å². The van der Waals surface area contributed by atoms with E-state index in [1.165, 1.54) is 12.8 Å². The van der Waals surface area contributed by atoms with Gasteiger partial charge in [0.05, 0.1) is 6.33 Å². The summed E-state index contributed by atoms with van der Waals surface area (Å²) in [5.41, 5.74) is 0.393. The molecule has 0 amide bonds. The second-order valence-corrected chi connectivity index (χ2v) is 5.25. The molecule has 0 aliphatic rings. The summed E-state index contributed by atoms with van der Waals surface area (Å²) in [6.45, 7) is 10.1. The molecule has 0 aromatic carbocycles. The largest absolute Gasteiger partial charge is 0.337 e. The smallest absolute Gasteiger partial charge is 0.0945 e. The first-order valence-corrected chi connectivity index (χ1v) is 5.74. The van der Waals surface area contributed by atoms with Gasteiger partial charge >= 0.3 is 0 Å². The number of imidazole rings is 1. The maximum absolute atomic E-state index is 4.02. The van der Waals surface area contributed by atoms with Gasteiger partial charge in [0, 0.05) is 18.9 Å². The standard InChI is InChI=1S/C12H23N3/c1-12(2,3)10-13-6-4-5-8-15-9-7-14-11-15/h7,9,11,13H,4-6,8,10H2,1-3H3. The van der Waals surface area contributed by atoms with Crippen molar-refractivity contribution in [3.63, 3.8) is 0 Å². The molecule has 1 heterocycles. The Morgan fingerprint density at radius 1 is 1.27 bits per heavy atom. The van der Waals surface area contributed by atoms with Crippen molar-refractivity contribution in [3.05, 3.63) is 18.7 Å². The third-order valence-electron chi connectivity index (χ3n) is 2.23. The van der Waals surface area contributed by atoms with Gasteiger partial charge < -0.3 is 9.88 Å². The van der Waals surface area contributed by atoms with E-state index in [4.69, 9.17) is 0 Å². The highest BCUT2D eigenvalue weighted by molar-refractivity contribution is 4.73. The van der Waals surface area contributed by atoms with Crippen molar-refractivity contribution in [2.75, 3.05) is 13.1 Å². The average molecular weight is 209 g/mol. The van der Waals surface area contributed by atoms with Crippen molar-refractivity contribution in [2.45, 2.75) is 40.2 Å². The summed E-state index contributed by atoms with van der Waals surface area (Å²) in [5.74, 6) is 0. The number of hydrogen-bond donors (Lipinski definition) is 1. The van der Waals surface area contributed by atoms with Gasteiger partial charge in [-0.2, -0.15) is 0 Å². The SMILES string of the molecule is CC(C)(C)CNCCCCn1ccnc1. The third-order valence-corrected chi connectivity index (χ3v) is 2.23. The maximum atomic E-state index is 4.02. The lowest BCUT2D eigenvalue weighted by Crippen LogP contribution is -2.27. The number of aryl methyl sites for hydroxylation is 1. The normalized spacial score (nSPS) is 11.9. The molecule has 0 saturated heterocycles. The van der Waals surface area contributed by atoms with E-state index in [0.29, 0.717) is 5.41 Å². The van der Waals surface area contributed by atoms with Gasteiger partial charge in [0.25, 0.3) is 0 Å². The van der Waals surface area contributed by atoms with Crippen LogP contribution >= 0.6 is 0 Å². The van der Waals surface area contributed by atoms with Crippen LogP contribution in [0.15, 0.2) is 18.7 Å². The van der Waals surface area contributed by atoms with Crippen LogP contribution in [0.5, 0.6) is 0 Å². The Kier molecular flexibility index (Phi) is 4.82. The van der Waals surface area contributed by atoms with Crippen molar-refractivity contribution in [1.29, 1.82) is 0 Å². The number of aromatic nitrogens is 2. The van der Waals surface area contributed by atoms with Crippen LogP contribution in [-0.2, 0) is 6.54 Å². The van der Waals surface area contributed by atoms with E-state index in [-0.39, 0.29) is 0 Å². The van der Waals surface area contributed by atoms with E-state index in [1.807, 2.05) is 18.7 Å². The summed E-state index contributed by atoms with van der Waals surface area (Å²) in [6.07, 6.45) is 8.17. The average Bonchev–Trinajstić information content (AvgIpc) is 2.61. The fraction of sp³-hybridized carbons (Fsp3) is 0.750. The maximum Gasteiger partial charge on any atom is 0.0945 e. The minimum absolute atomic E-state index is 0.393. The van der Waals surface area contributed by atoms with Gasteiger partial charge in [-0.05, 0) is 31.3 Å². The molecule has 3 nitrogen and oxygen atoms in total. The van der Waals surface area contributed by atoms with Crippen LogP contribution in [0.1, 0.15) is 33.6 Å². The van der Waals surface area contributed by atoms with E-state index in [0.717, 1.165) is 19.6 Å². The molecule has 0 aliphatic heterocycles. The summed E-state index contributed by atoms with van der Waals surface area (Å²) < 4.78 is 2.13. The molecular weight excluding hydrogens is 186 g/mol. The van der Waals surface area contributed by atoms with Crippen LogP contribution in [-0.4, -0.2) is 22.6 Å². The lowest BCUT2D eigenvalue weighted by molar-refractivity contribution is 0.377. The Morgan fingerprint density at radius 2 is 2.07 bits per heavy atom. The minimum atomic E-state index is 0.393. The molecule has 1 aromatic heterocycles. The van der Waals surface area contributed by atoms with Crippen LogP contribution < -0.4 is 5.32 Å². The Bertz CT molecular complexity index is 246. The van der Waals surface area contributed by atoms with Crippen LogP contribution in [0.2, 0.25) is 0 Å². The molecule has 0 aliphatic carbocycles. The molecule has 15 heavy (non-hydrogen) atoms. The molecule has 0 unspecified atom stereocenters. The monoisotopic (exact) mass is 209 g/mol. The zero-order chi connectivity index (χ0) is 11.1. The number of unbranched alkanes of at least 4 members (excludes halogenated alkanes) is 1. The molecule has 0 bridgehead atoms. The van der Waals surface area contributed by atoms with Crippen molar-refractivity contribution >= 4 is 0 Å². The predicted octanol–water partition coefficient (Wildman–Crippen LogP) is 2.30. The number of nitrogens with one attached hydrogen (secondary N) is 1. The molecule has 0 spiro atoms. The molecular formula is C12H23N3. The summed E-state index contributed by atoms with van der Waals surface area (Å²) in [4.78, 5) is 4.02. The lowest BCUT2D eigenvalue weighted by Gasteiger charge is -2.18. The molecule has 1 N–H and O–H groups in total. The highest BCUT2D eigenvalue weighted by Crippen LogP contribution is 2.10. The van der Waals surface area contributed by atoms with Crippen LogP contribution in [0, 0.1) is 5.41 Å². The molecule has 0 saturated carbocycles. The number of hydrogen-bond acceptors (Lipinski definition) is 2. The second-order valence-electron chi connectivity index (χ2n) is 5.25. The van der Waals surface area contributed by atoms with Crippen molar-refractivity contribution in [3.8, 4) is 0 Å². The summed E-state index contributed by atoms with van der Waals surface area (Å²) in [5, 5.41) is 3.48. The van der Waals surface area contributed by atoms with Crippen molar-refractivity contribution in [1.82, 2.24) is 14.9 Å². The fourth-order valence-corrected chi connectivity index (χ4v) is 1.43. The van der Waals surface area contributed by atoms with Gasteiger partial charge in [0.2, 0.25) is 0 Å². The molecule has 1 rings (SSSR count). The lowest BCUT2D eigenvalue weighted by atomic mass is 9.97. The second kappa shape index (κ2) is 5.91. The first kappa shape index (κ1) is 12.2. The third kappa shape index (κ3) is 6.28. The fourth-order valence-electron chi connectivity index (χ4n) is 1.43. The molecule has 0 atom stereocenters. The van der Waals surface area contributed by atoms with Gasteiger partial charge in [-0.15, -0.1) is 0 Å². The molecule has 0 fully saturated rings. The Morgan fingerprint density at radius 3 is 2.67 bits per heavy atom. The van der Waals surface area contributed by atoms with Gasteiger partial charge in [0.15, 0.2) is 0 Å². The van der Waals surface area contributed by atoms with Crippen LogP contribution in [0.25, 0.3) is 0 Å². The van der Waals surface area contributed by atoms with Crippen molar-refractivity contribution < 1.29 is 0 Å². The molecule has 0 radical (unpaired) electrons. The van der Waals surface area contributed by atoms with Crippen molar-refractivity contribution in [2.24, 2.45) is 5.41 Å². The van der Waals surface area contributed by atoms with Crippen LogP contribution in [0.3, 0.4) is 0 Å². The highest BCUT2D eigenvalue weighted by atomic mass is 15.0. The quantitative estimate of drug-likeness (QED) is 0.729. The topological polar surface area (TPSA) is 29.9 Å². The van der Waals surface area contributed by atoms with E-state index in [1.54, 1.807) is 0 Å². The van der Waals surface area contributed by atoms with E-state index in [2.05, 4.69) is 35.6 Å². The first-order chi connectivity index (χ1) is 7.08. The summed E-state index contributed by atoms with van der Waals surface area (Å²) in [6, 6.07) is 0. The minimum Gasteiger partial charge on any atom is -0.337 e. The van der Waals surface area contributed by atoms with E-state index >= 15 is 0 Å².